The van der Waals surface area contributed by atoms with Gasteiger partial charge in [-0.1, -0.05) is 12.1 Å². The lowest BCUT2D eigenvalue weighted by atomic mass is 10.0. The standard InChI is InChI=1S/C16H16N2O4/c1-10-2-3-12(9-19)14(15(10)21)8-17-18-16(22)11-4-6-13(20)7-5-11/h2-8,19-21H,9H2,1H3,(H,18,22)/b17-8+. The molecule has 114 valence electrons. The van der Waals surface area contributed by atoms with Crippen molar-refractivity contribution < 1.29 is 20.1 Å². The van der Waals surface area contributed by atoms with Crippen LogP contribution in [-0.4, -0.2) is 27.4 Å². The number of phenols is 2. The van der Waals surface area contributed by atoms with Crippen LogP contribution in [0.5, 0.6) is 11.5 Å². The van der Waals surface area contributed by atoms with Gasteiger partial charge in [-0.15, -0.1) is 0 Å². The van der Waals surface area contributed by atoms with Crippen LogP contribution in [0, 0.1) is 6.92 Å². The van der Waals surface area contributed by atoms with E-state index < -0.39 is 5.91 Å². The molecule has 0 saturated carbocycles. The number of rotatable bonds is 4. The average Bonchev–Trinajstić information content (AvgIpc) is 2.52. The summed E-state index contributed by atoms with van der Waals surface area (Å²) in [5.74, 6) is -0.375. The van der Waals surface area contributed by atoms with E-state index in [0.29, 0.717) is 22.3 Å². The van der Waals surface area contributed by atoms with E-state index in [9.17, 15) is 15.0 Å². The number of hydrazone groups is 1. The zero-order valence-electron chi connectivity index (χ0n) is 11.9. The molecule has 0 radical (unpaired) electrons. The maximum absolute atomic E-state index is 11.8. The third-order valence-corrected chi connectivity index (χ3v) is 3.17. The van der Waals surface area contributed by atoms with Crippen molar-refractivity contribution in [1.29, 1.82) is 0 Å². The van der Waals surface area contributed by atoms with Gasteiger partial charge in [0.2, 0.25) is 0 Å². The number of aryl methyl sites for hydroxylation is 1. The predicted octanol–water partition coefficient (Wildman–Crippen LogP) is 1.66. The van der Waals surface area contributed by atoms with Crippen LogP contribution < -0.4 is 5.43 Å². The number of hydrogen-bond acceptors (Lipinski definition) is 5. The van der Waals surface area contributed by atoms with E-state index in [2.05, 4.69) is 10.5 Å². The minimum absolute atomic E-state index is 0.00850. The van der Waals surface area contributed by atoms with Gasteiger partial charge in [0.15, 0.2) is 0 Å². The topological polar surface area (TPSA) is 102 Å². The molecular formula is C16H16N2O4. The van der Waals surface area contributed by atoms with Crippen LogP contribution in [0.2, 0.25) is 0 Å². The van der Waals surface area contributed by atoms with Gasteiger partial charge in [-0.25, -0.2) is 5.43 Å². The normalized spacial score (nSPS) is 10.8. The van der Waals surface area contributed by atoms with E-state index >= 15 is 0 Å². The van der Waals surface area contributed by atoms with Crippen molar-refractivity contribution in [3.05, 3.63) is 58.7 Å². The van der Waals surface area contributed by atoms with Gasteiger partial charge in [0.1, 0.15) is 11.5 Å². The Balaban J connectivity index is 2.14. The first kappa shape index (κ1) is 15.5. The molecule has 6 heteroatoms. The van der Waals surface area contributed by atoms with Crippen LogP contribution in [0.3, 0.4) is 0 Å². The molecule has 4 N–H and O–H groups in total. The number of hydrogen-bond donors (Lipinski definition) is 4. The van der Waals surface area contributed by atoms with Crippen molar-refractivity contribution in [1.82, 2.24) is 5.43 Å². The summed E-state index contributed by atoms with van der Waals surface area (Å²) in [4.78, 5) is 11.8. The molecule has 0 aliphatic heterocycles. The Morgan fingerprint density at radius 2 is 1.86 bits per heavy atom. The van der Waals surface area contributed by atoms with Crippen LogP contribution in [0.15, 0.2) is 41.5 Å². The third-order valence-electron chi connectivity index (χ3n) is 3.17. The van der Waals surface area contributed by atoms with Gasteiger partial charge < -0.3 is 15.3 Å². The molecule has 6 nitrogen and oxygen atoms in total. The number of nitrogens with zero attached hydrogens (tertiary/aromatic N) is 1. The van der Waals surface area contributed by atoms with Crippen LogP contribution in [-0.2, 0) is 6.61 Å². The van der Waals surface area contributed by atoms with Crippen molar-refractivity contribution in [2.75, 3.05) is 0 Å². The highest BCUT2D eigenvalue weighted by Gasteiger charge is 2.08. The van der Waals surface area contributed by atoms with Crippen LogP contribution in [0.25, 0.3) is 0 Å². The van der Waals surface area contributed by atoms with Crippen LogP contribution in [0.1, 0.15) is 27.0 Å². The van der Waals surface area contributed by atoms with E-state index in [1.54, 1.807) is 19.1 Å². The van der Waals surface area contributed by atoms with Gasteiger partial charge in [-0.3, -0.25) is 4.79 Å². The molecule has 2 rings (SSSR count). The molecule has 0 aliphatic carbocycles. The highest BCUT2D eigenvalue weighted by Crippen LogP contribution is 2.23. The summed E-state index contributed by atoms with van der Waals surface area (Å²) < 4.78 is 0. The van der Waals surface area contributed by atoms with E-state index in [-0.39, 0.29) is 18.1 Å². The Bertz CT molecular complexity index is 709. The molecular weight excluding hydrogens is 284 g/mol. The van der Waals surface area contributed by atoms with Gasteiger partial charge in [0.05, 0.1) is 12.8 Å². The molecule has 0 heterocycles. The molecule has 1 amide bonds. The minimum atomic E-state index is -0.450. The molecule has 0 unspecified atom stereocenters. The molecule has 2 aromatic carbocycles. The van der Waals surface area contributed by atoms with Crippen molar-refractivity contribution in [2.45, 2.75) is 13.5 Å². The number of phenolic OH excluding ortho intramolecular Hbond substituents is 2. The maximum Gasteiger partial charge on any atom is 0.271 e. The number of carbonyl (C=O) groups excluding carboxylic acids is 1. The first-order valence-corrected chi connectivity index (χ1v) is 6.57. The minimum Gasteiger partial charge on any atom is -0.508 e. The fraction of sp³-hybridized carbons (Fsp3) is 0.125. The SMILES string of the molecule is Cc1ccc(CO)c(/C=N/NC(=O)c2ccc(O)cc2)c1O. The molecule has 2 aromatic rings. The smallest absolute Gasteiger partial charge is 0.271 e. The molecule has 0 atom stereocenters. The lowest BCUT2D eigenvalue weighted by molar-refractivity contribution is 0.0955. The second-order valence-electron chi connectivity index (χ2n) is 4.71. The van der Waals surface area contributed by atoms with Crippen molar-refractivity contribution in [3.8, 4) is 11.5 Å². The lowest BCUT2D eigenvalue weighted by Gasteiger charge is -2.07. The summed E-state index contributed by atoms with van der Waals surface area (Å²) in [6, 6.07) is 9.09. The summed E-state index contributed by atoms with van der Waals surface area (Å²) in [6.07, 6.45) is 1.28. The Labute approximate surface area is 127 Å². The highest BCUT2D eigenvalue weighted by atomic mass is 16.3. The molecule has 0 fully saturated rings. The fourth-order valence-electron chi connectivity index (χ4n) is 1.87. The zero-order chi connectivity index (χ0) is 16.1. The van der Waals surface area contributed by atoms with Gasteiger partial charge in [0.25, 0.3) is 5.91 Å². The number of amides is 1. The quantitative estimate of drug-likeness (QED) is 0.509. The van der Waals surface area contributed by atoms with Gasteiger partial charge in [0, 0.05) is 11.1 Å². The summed E-state index contributed by atoms with van der Waals surface area (Å²) in [5, 5.41) is 32.2. The number of nitrogens with one attached hydrogen (secondary N) is 1. The fourth-order valence-corrected chi connectivity index (χ4v) is 1.87. The Kier molecular flexibility index (Phi) is 4.75. The number of aliphatic hydroxyl groups excluding tert-OH is 1. The first-order valence-electron chi connectivity index (χ1n) is 6.57. The molecule has 0 aromatic heterocycles. The third kappa shape index (κ3) is 3.42. The lowest BCUT2D eigenvalue weighted by Crippen LogP contribution is -2.17. The number of carbonyl (C=O) groups is 1. The molecule has 0 saturated heterocycles. The number of aliphatic hydroxyl groups is 1. The summed E-state index contributed by atoms with van der Waals surface area (Å²) in [5.41, 5.74) is 4.16. The highest BCUT2D eigenvalue weighted by molar-refractivity contribution is 5.95. The maximum atomic E-state index is 11.8. The van der Waals surface area contributed by atoms with E-state index in [1.807, 2.05) is 0 Å². The van der Waals surface area contributed by atoms with Gasteiger partial charge in [-0.2, -0.15) is 5.10 Å². The number of aromatic hydroxyl groups is 2. The second kappa shape index (κ2) is 6.73. The van der Waals surface area contributed by atoms with Crippen molar-refractivity contribution >= 4 is 12.1 Å². The first-order chi connectivity index (χ1) is 10.5. The van der Waals surface area contributed by atoms with Gasteiger partial charge >= 0.3 is 0 Å². The molecule has 0 bridgehead atoms. The summed E-state index contributed by atoms with van der Waals surface area (Å²) in [7, 11) is 0. The monoisotopic (exact) mass is 300 g/mol. The zero-order valence-corrected chi connectivity index (χ0v) is 11.9. The molecule has 22 heavy (non-hydrogen) atoms. The summed E-state index contributed by atoms with van der Waals surface area (Å²) >= 11 is 0. The van der Waals surface area contributed by atoms with Crippen LogP contribution in [0.4, 0.5) is 0 Å². The summed E-state index contributed by atoms with van der Waals surface area (Å²) in [6.45, 7) is 1.48. The predicted molar refractivity (Wildman–Crippen MR) is 81.9 cm³/mol. The molecule has 0 spiro atoms. The van der Waals surface area contributed by atoms with Gasteiger partial charge in [-0.05, 0) is 42.3 Å². The number of benzene rings is 2. The van der Waals surface area contributed by atoms with E-state index in [0.717, 1.165) is 0 Å². The van der Waals surface area contributed by atoms with E-state index in [1.165, 1.54) is 30.5 Å². The Morgan fingerprint density at radius 3 is 2.50 bits per heavy atom. The Hall–Kier alpha value is -2.86. The van der Waals surface area contributed by atoms with Crippen LogP contribution >= 0.6 is 0 Å². The second-order valence-corrected chi connectivity index (χ2v) is 4.71. The van der Waals surface area contributed by atoms with Crippen molar-refractivity contribution in [2.24, 2.45) is 5.10 Å². The van der Waals surface area contributed by atoms with E-state index in [4.69, 9.17) is 5.11 Å². The average molecular weight is 300 g/mol. The largest absolute Gasteiger partial charge is 0.508 e. The van der Waals surface area contributed by atoms with Crippen molar-refractivity contribution in [3.63, 3.8) is 0 Å². The Morgan fingerprint density at radius 1 is 1.18 bits per heavy atom. The molecule has 0 aliphatic rings.